The van der Waals surface area contributed by atoms with Gasteiger partial charge in [0.1, 0.15) is 0 Å². The van der Waals surface area contributed by atoms with E-state index in [1.165, 1.54) is 24.3 Å². The van der Waals surface area contributed by atoms with E-state index in [1.807, 2.05) is 0 Å². The number of alkyl halides is 2. The van der Waals surface area contributed by atoms with Crippen LogP contribution in [0, 0.1) is 0 Å². The molecule has 0 atom stereocenters. The van der Waals surface area contributed by atoms with E-state index in [4.69, 9.17) is 10.5 Å². The minimum absolute atomic E-state index is 0.206. The average Bonchev–Trinajstić information content (AvgIpc) is 2.29. The summed E-state index contributed by atoms with van der Waals surface area (Å²) >= 11 is 0. The Balaban J connectivity index is 2.87. The number of hydrogen-bond acceptors (Lipinski definition) is 3. The molecule has 2 N–H and O–H groups in total. The molecule has 1 aromatic rings. The highest BCUT2D eigenvalue weighted by Gasteiger charge is 2.29. The first-order valence-electron chi connectivity index (χ1n) is 4.87. The van der Waals surface area contributed by atoms with Gasteiger partial charge < -0.3 is 10.5 Å². The van der Waals surface area contributed by atoms with Crippen LogP contribution in [-0.4, -0.2) is 19.1 Å². The Morgan fingerprint density at radius 1 is 1.38 bits per heavy atom. The first-order chi connectivity index (χ1) is 7.51. The largest absolute Gasteiger partial charge is 0.462 e. The highest BCUT2D eigenvalue weighted by molar-refractivity contribution is 5.89. The Morgan fingerprint density at radius 3 is 2.38 bits per heavy atom. The number of hydrogen-bond donors (Lipinski definition) is 1. The standard InChI is InChI=1S/C11H13F2NO2/c1-2-16-10(15)8-3-5-9(6-4-8)11(12,13)7-14/h3-6H,2,7,14H2,1H3. The number of halogens is 2. The number of carbonyl (C=O) groups is 1. The van der Waals surface area contributed by atoms with Crippen molar-refractivity contribution < 1.29 is 18.3 Å². The lowest BCUT2D eigenvalue weighted by atomic mass is 10.1. The summed E-state index contributed by atoms with van der Waals surface area (Å²) in [6.07, 6.45) is 0. The lowest BCUT2D eigenvalue weighted by Crippen LogP contribution is -2.25. The topological polar surface area (TPSA) is 52.3 Å². The van der Waals surface area contributed by atoms with Gasteiger partial charge in [-0.1, -0.05) is 12.1 Å². The van der Waals surface area contributed by atoms with Crippen LogP contribution >= 0.6 is 0 Å². The highest BCUT2D eigenvalue weighted by Crippen LogP contribution is 2.26. The van der Waals surface area contributed by atoms with Gasteiger partial charge in [-0.2, -0.15) is 8.78 Å². The van der Waals surface area contributed by atoms with E-state index < -0.39 is 18.4 Å². The normalized spacial score (nSPS) is 11.2. The third-order valence-electron chi connectivity index (χ3n) is 2.07. The van der Waals surface area contributed by atoms with Gasteiger partial charge in [0.25, 0.3) is 5.92 Å². The summed E-state index contributed by atoms with van der Waals surface area (Å²) in [6, 6.07) is 4.96. The van der Waals surface area contributed by atoms with Gasteiger partial charge in [-0.25, -0.2) is 4.79 Å². The van der Waals surface area contributed by atoms with Crippen molar-refractivity contribution in [2.75, 3.05) is 13.2 Å². The first kappa shape index (κ1) is 12.6. The van der Waals surface area contributed by atoms with Gasteiger partial charge in [0.15, 0.2) is 0 Å². The van der Waals surface area contributed by atoms with Gasteiger partial charge >= 0.3 is 5.97 Å². The second-order valence-corrected chi connectivity index (χ2v) is 3.21. The molecule has 0 radical (unpaired) electrons. The first-order valence-corrected chi connectivity index (χ1v) is 4.87. The summed E-state index contributed by atoms with van der Waals surface area (Å²) < 4.78 is 31.0. The molecule has 0 aliphatic rings. The number of benzene rings is 1. The van der Waals surface area contributed by atoms with Crippen LogP contribution in [0.3, 0.4) is 0 Å². The quantitative estimate of drug-likeness (QED) is 0.802. The summed E-state index contributed by atoms with van der Waals surface area (Å²) in [5, 5.41) is 0. The van der Waals surface area contributed by atoms with Crippen molar-refractivity contribution in [2.45, 2.75) is 12.8 Å². The molecule has 0 fully saturated rings. The molecule has 0 bridgehead atoms. The van der Waals surface area contributed by atoms with E-state index in [9.17, 15) is 13.6 Å². The van der Waals surface area contributed by atoms with E-state index >= 15 is 0 Å². The summed E-state index contributed by atoms with van der Waals surface area (Å²) in [5.74, 6) is -3.59. The Labute approximate surface area is 92.2 Å². The fourth-order valence-corrected chi connectivity index (χ4v) is 1.18. The third-order valence-corrected chi connectivity index (χ3v) is 2.07. The van der Waals surface area contributed by atoms with E-state index in [0.717, 1.165) is 0 Å². The zero-order valence-corrected chi connectivity index (χ0v) is 8.87. The van der Waals surface area contributed by atoms with Gasteiger partial charge in [0.05, 0.1) is 18.7 Å². The molecule has 3 nitrogen and oxygen atoms in total. The molecule has 0 heterocycles. The number of rotatable bonds is 4. The fraction of sp³-hybridized carbons (Fsp3) is 0.364. The Bertz CT molecular complexity index is 363. The summed E-state index contributed by atoms with van der Waals surface area (Å²) in [5.41, 5.74) is 4.99. The smallest absolute Gasteiger partial charge is 0.338 e. The van der Waals surface area contributed by atoms with Crippen molar-refractivity contribution in [1.82, 2.24) is 0 Å². The molecule has 0 aliphatic heterocycles. The van der Waals surface area contributed by atoms with Gasteiger partial charge in [0.2, 0.25) is 0 Å². The van der Waals surface area contributed by atoms with Crippen LogP contribution in [0.4, 0.5) is 8.78 Å². The molecule has 88 valence electrons. The summed E-state index contributed by atoms with van der Waals surface area (Å²) in [4.78, 5) is 11.2. The molecule has 16 heavy (non-hydrogen) atoms. The van der Waals surface area contributed by atoms with Crippen LogP contribution in [0.2, 0.25) is 0 Å². The number of esters is 1. The molecule has 0 aromatic heterocycles. The molecule has 1 rings (SSSR count). The van der Waals surface area contributed by atoms with Crippen molar-refractivity contribution in [1.29, 1.82) is 0 Å². The zero-order valence-electron chi connectivity index (χ0n) is 8.87. The van der Waals surface area contributed by atoms with Crippen molar-refractivity contribution in [3.8, 4) is 0 Å². The van der Waals surface area contributed by atoms with Gasteiger partial charge in [-0.15, -0.1) is 0 Å². The molecule has 0 saturated carbocycles. The SMILES string of the molecule is CCOC(=O)c1ccc(C(F)(F)CN)cc1. The molecule has 0 unspecified atom stereocenters. The number of carbonyl (C=O) groups excluding carboxylic acids is 1. The fourth-order valence-electron chi connectivity index (χ4n) is 1.18. The summed E-state index contributed by atoms with van der Waals surface area (Å²) in [6.45, 7) is 1.17. The Kier molecular flexibility index (Phi) is 3.95. The maximum absolute atomic E-state index is 13.1. The van der Waals surface area contributed by atoms with E-state index in [1.54, 1.807) is 6.92 Å². The summed E-state index contributed by atoms with van der Waals surface area (Å²) in [7, 11) is 0. The number of ether oxygens (including phenoxy) is 1. The predicted molar refractivity (Wildman–Crippen MR) is 55.3 cm³/mol. The second kappa shape index (κ2) is 5.03. The molecule has 0 aliphatic carbocycles. The highest BCUT2D eigenvalue weighted by atomic mass is 19.3. The van der Waals surface area contributed by atoms with E-state index in [-0.39, 0.29) is 17.7 Å². The minimum Gasteiger partial charge on any atom is -0.462 e. The maximum atomic E-state index is 13.1. The molecular weight excluding hydrogens is 216 g/mol. The zero-order chi connectivity index (χ0) is 12.2. The van der Waals surface area contributed by atoms with E-state index in [0.29, 0.717) is 0 Å². The molecule has 0 saturated heterocycles. The van der Waals surface area contributed by atoms with Gasteiger partial charge in [-0.05, 0) is 19.1 Å². The molecule has 1 aromatic carbocycles. The van der Waals surface area contributed by atoms with Crippen LogP contribution in [0.5, 0.6) is 0 Å². The van der Waals surface area contributed by atoms with Crippen LogP contribution in [-0.2, 0) is 10.7 Å². The minimum atomic E-state index is -3.06. The number of nitrogens with two attached hydrogens (primary N) is 1. The lowest BCUT2D eigenvalue weighted by Gasteiger charge is -2.14. The third kappa shape index (κ3) is 2.76. The molecular formula is C11H13F2NO2. The lowest BCUT2D eigenvalue weighted by molar-refractivity contribution is 0.00586. The second-order valence-electron chi connectivity index (χ2n) is 3.21. The van der Waals surface area contributed by atoms with Crippen molar-refractivity contribution >= 4 is 5.97 Å². The van der Waals surface area contributed by atoms with Crippen LogP contribution < -0.4 is 5.73 Å². The monoisotopic (exact) mass is 229 g/mol. The molecule has 5 heteroatoms. The van der Waals surface area contributed by atoms with Crippen molar-refractivity contribution in [3.63, 3.8) is 0 Å². The Hall–Kier alpha value is -1.49. The van der Waals surface area contributed by atoms with Crippen LogP contribution in [0.25, 0.3) is 0 Å². The van der Waals surface area contributed by atoms with E-state index in [2.05, 4.69) is 0 Å². The van der Waals surface area contributed by atoms with Crippen LogP contribution in [0.1, 0.15) is 22.8 Å². The van der Waals surface area contributed by atoms with Crippen LogP contribution in [0.15, 0.2) is 24.3 Å². The Morgan fingerprint density at radius 2 is 1.94 bits per heavy atom. The average molecular weight is 229 g/mol. The maximum Gasteiger partial charge on any atom is 0.338 e. The van der Waals surface area contributed by atoms with Crippen molar-refractivity contribution in [3.05, 3.63) is 35.4 Å². The predicted octanol–water partition coefficient (Wildman–Crippen LogP) is 1.91. The molecule has 0 spiro atoms. The van der Waals surface area contributed by atoms with Gasteiger partial charge in [-0.3, -0.25) is 0 Å². The molecule has 0 amide bonds. The van der Waals surface area contributed by atoms with Gasteiger partial charge in [0, 0.05) is 5.56 Å². The van der Waals surface area contributed by atoms with Crippen molar-refractivity contribution in [2.24, 2.45) is 5.73 Å².